The molecule has 0 radical (unpaired) electrons. The summed E-state index contributed by atoms with van der Waals surface area (Å²) in [6.45, 7) is 4.82. The van der Waals surface area contributed by atoms with Crippen molar-refractivity contribution in [3.8, 4) is 0 Å². The van der Waals surface area contributed by atoms with Crippen LogP contribution in [0.4, 0.5) is 0 Å². The summed E-state index contributed by atoms with van der Waals surface area (Å²) in [6.07, 6.45) is 2.71. The van der Waals surface area contributed by atoms with Gasteiger partial charge in [-0.25, -0.2) is 4.98 Å². The first kappa shape index (κ1) is 14.9. The smallest absolute Gasteiger partial charge is 0.237 e. The van der Waals surface area contributed by atoms with Crippen LogP contribution in [0.15, 0.2) is 11.6 Å². The molecule has 2 heterocycles. The minimum absolute atomic E-state index is 0.0480. The van der Waals surface area contributed by atoms with Crippen molar-refractivity contribution in [1.29, 1.82) is 0 Å². The average Bonchev–Trinajstić information content (AvgIpc) is 2.94. The standard InChI is InChI=1S/C13H20N4O2S/c1-2-17-7-5-16-13(19)10(17)9-11(18)14-4-3-12-15-6-8-20-12/h6,8,10H,2-5,7,9H2,1H3,(H,14,18)(H,16,19). The second kappa shape index (κ2) is 7.35. The van der Waals surface area contributed by atoms with Gasteiger partial charge in [0.1, 0.15) is 0 Å². The van der Waals surface area contributed by atoms with Crippen molar-refractivity contribution in [2.45, 2.75) is 25.8 Å². The van der Waals surface area contributed by atoms with Crippen LogP contribution in [0.25, 0.3) is 0 Å². The number of hydrogen-bond acceptors (Lipinski definition) is 5. The van der Waals surface area contributed by atoms with Gasteiger partial charge in [0.2, 0.25) is 11.8 Å². The Bertz CT molecular complexity index is 449. The van der Waals surface area contributed by atoms with Gasteiger partial charge in [0.25, 0.3) is 0 Å². The normalized spacial score (nSPS) is 19.6. The Balaban J connectivity index is 1.76. The number of hydrogen-bond donors (Lipinski definition) is 2. The van der Waals surface area contributed by atoms with E-state index in [2.05, 4.69) is 15.6 Å². The van der Waals surface area contributed by atoms with Crippen LogP contribution in [-0.2, 0) is 16.0 Å². The molecule has 0 aromatic carbocycles. The van der Waals surface area contributed by atoms with E-state index in [-0.39, 0.29) is 24.3 Å². The third-order valence-corrected chi connectivity index (χ3v) is 4.21. The lowest BCUT2D eigenvalue weighted by atomic mass is 10.1. The van der Waals surface area contributed by atoms with E-state index in [4.69, 9.17) is 0 Å². The largest absolute Gasteiger partial charge is 0.356 e. The first-order valence-corrected chi connectivity index (χ1v) is 7.75. The van der Waals surface area contributed by atoms with E-state index in [0.29, 0.717) is 13.1 Å². The summed E-state index contributed by atoms with van der Waals surface area (Å²) in [6, 6.07) is -0.339. The molecular weight excluding hydrogens is 276 g/mol. The zero-order valence-corrected chi connectivity index (χ0v) is 12.4. The first-order chi connectivity index (χ1) is 9.70. The number of aromatic nitrogens is 1. The summed E-state index contributed by atoms with van der Waals surface area (Å²) < 4.78 is 0. The van der Waals surface area contributed by atoms with Crippen molar-refractivity contribution < 1.29 is 9.59 Å². The lowest BCUT2D eigenvalue weighted by Gasteiger charge is -2.33. The zero-order chi connectivity index (χ0) is 14.4. The molecule has 6 nitrogen and oxygen atoms in total. The third kappa shape index (κ3) is 4.01. The van der Waals surface area contributed by atoms with E-state index >= 15 is 0 Å². The minimum atomic E-state index is -0.339. The van der Waals surface area contributed by atoms with Crippen LogP contribution in [-0.4, -0.2) is 53.9 Å². The van der Waals surface area contributed by atoms with E-state index in [9.17, 15) is 9.59 Å². The predicted octanol–water partition coefficient (Wildman–Crippen LogP) is 0.0122. The van der Waals surface area contributed by atoms with Crippen LogP contribution in [0.3, 0.4) is 0 Å². The Labute approximate surface area is 122 Å². The van der Waals surface area contributed by atoms with Crippen molar-refractivity contribution in [2.75, 3.05) is 26.2 Å². The van der Waals surface area contributed by atoms with E-state index < -0.39 is 0 Å². The zero-order valence-electron chi connectivity index (χ0n) is 11.6. The van der Waals surface area contributed by atoms with Crippen molar-refractivity contribution in [3.05, 3.63) is 16.6 Å². The second-order valence-corrected chi connectivity index (χ2v) is 5.64. The quantitative estimate of drug-likeness (QED) is 0.776. The number of nitrogens with one attached hydrogen (secondary N) is 2. The maximum Gasteiger partial charge on any atom is 0.237 e. The summed E-state index contributed by atoms with van der Waals surface area (Å²) in [5.41, 5.74) is 0. The number of amides is 2. The van der Waals surface area contributed by atoms with Gasteiger partial charge in [-0.05, 0) is 6.54 Å². The van der Waals surface area contributed by atoms with Crippen molar-refractivity contribution in [2.24, 2.45) is 0 Å². The topological polar surface area (TPSA) is 74.3 Å². The van der Waals surface area contributed by atoms with Crippen LogP contribution in [0.1, 0.15) is 18.4 Å². The number of carbonyl (C=O) groups is 2. The Morgan fingerprint density at radius 2 is 2.50 bits per heavy atom. The highest BCUT2D eigenvalue weighted by Gasteiger charge is 2.30. The van der Waals surface area contributed by atoms with Crippen LogP contribution in [0.5, 0.6) is 0 Å². The summed E-state index contributed by atoms with van der Waals surface area (Å²) in [7, 11) is 0. The van der Waals surface area contributed by atoms with E-state index in [0.717, 1.165) is 24.5 Å². The fourth-order valence-corrected chi connectivity index (χ4v) is 2.92. The molecule has 7 heteroatoms. The number of carbonyl (C=O) groups excluding carboxylic acids is 2. The lowest BCUT2D eigenvalue weighted by molar-refractivity contribution is -0.133. The third-order valence-electron chi connectivity index (χ3n) is 3.37. The molecular formula is C13H20N4O2S. The first-order valence-electron chi connectivity index (χ1n) is 6.87. The Morgan fingerprint density at radius 1 is 1.65 bits per heavy atom. The molecule has 1 aromatic heterocycles. The molecule has 0 spiro atoms. The van der Waals surface area contributed by atoms with Crippen LogP contribution >= 0.6 is 11.3 Å². The highest BCUT2D eigenvalue weighted by molar-refractivity contribution is 7.09. The highest BCUT2D eigenvalue weighted by atomic mass is 32.1. The van der Waals surface area contributed by atoms with Gasteiger partial charge in [0.05, 0.1) is 17.5 Å². The van der Waals surface area contributed by atoms with Gasteiger partial charge in [-0.1, -0.05) is 6.92 Å². The van der Waals surface area contributed by atoms with Crippen molar-refractivity contribution in [1.82, 2.24) is 20.5 Å². The molecule has 0 bridgehead atoms. The van der Waals surface area contributed by atoms with E-state index in [1.54, 1.807) is 17.5 Å². The van der Waals surface area contributed by atoms with Crippen LogP contribution in [0.2, 0.25) is 0 Å². The Kier molecular flexibility index (Phi) is 5.49. The molecule has 110 valence electrons. The summed E-state index contributed by atoms with van der Waals surface area (Å²) >= 11 is 1.58. The maximum atomic E-state index is 11.9. The van der Waals surface area contributed by atoms with E-state index in [1.807, 2.05) is 17.2 Å². The SMILES string of the molecule is CCN1CCNC(=O)C1CC(=O)NCCc1nccs1. The molecule has 1 aliphatic heterocycles. The highest BCUT2D eigenvalue weighted by Crippen LogP contribution is 2.08. The fourth-order valence-electron chi connectivity index (χ4n) is 2.30. The molecule has 0 saturated carbocycles. The Morgan fingerprint density at radius 3 is 3.20 bits per heavy atom. The molecule has 1 fully saturated rings. The molecule has 2 N–H and O–H groups in total. The molecule has 1 aliphatic rings. The Hall–Kier alpha value is -1.47. The molecule has 1 unspecified atom stereocenters. The molecule has 1 atom stereocenters. The van der Waals surface area contributed by atoms with Gasteiger partial charge >= 0.3 is 0 Å². The maximum absolute atomic E-state index is 11.9. The van der Waals surface area contributed by atoms with Gasteiger partial charge < -0.3 is 10.6 Å². The summed E-state index contributed by atoms with van der Waals surface area (Å²) in [5.74, 6) is -0.129. The molecule has 20 heavy (non-hydrogen) atoms. The predicted molar refractivity (Wildman–Crippen MR) is 77.5 cm³/mol. The van der Waals surface area contributed by atoms with E-state index in [1.165, 1.54) is 0 Å². The van der Waals surface area contributed by atoms with Gasteiger partial charge in [-0.15, -0.1) is 11.3 Å². The molecule has 1 aromatic rings. The van der Waals surface area contributed by atoms with Crippen LogP contribution in [0, 0.1) is 0 Å². The minimum Gasteiger partial charge on any atom is -0.356 e. The molecule has 0 aliphatic carbocycles. The van der Waals surface area contributed by atoms with Gasteiger partial charge in [0.15, 0.2) is 0 Å². The van der Waals surface area contributed by atoms with Gasteiger partial charge in [-0.3, -0.25) is 14.5 Å². The molecule has 1 saturated heterocycles. The molecule has 2 amide bonds. The second-order valence-electron chi connectivity index (χ2n) is 4.67. The van der Waals surface area contributed by atoms with Crippen molar-refractivity contribution in [3.63, 3.8) is 0 Å². The van der Waals surface area contributed by atoms with Gasteiger partial charge in [-0.2, -0.15) is 0 Å². The number of piperazine rings is 1. The lowest BCUT2D eigenvalue weighted by Crippen LogP contribution is -2.56. The number of nitrogens with zero attached hydrogens (tertiary/aromatic N) is 2. The number of thiazole rings is 1. The number of likely N-dealkylation sites (N-methyl/N-ethyl adjacent to an activating group) is 1. The number of rotatable bonds is 6. The summed E-state index contributed by atoms with van der Waals surface area (Å²) in [4.78, 5) is 29.9. The van der Waals surface area contributed by atoms with Crippen molar-refractivity contribution >= 4 is 23.2 Å². The van der Waals surface area contributed by atoms with Crippen LogP contribution < -0.4 is 10.6 Å². The molecule has 2 rings (SSSR count). The fraction of sp³-hybridized carbons (Fsp3) is 0.615. The monoisotopic (exact) mass is 296 g/mol. The average molecular weight is 296 g/mol. The summed E-state index contributed by atoms with van der Waals surface area (Å²) in [5, 5.41) is 8.60. The van der Waals surface area contributed by atoms with Gasteiger partial charge in [0, 0.05) is 37.6 Å².